The van der Waals surface area contributed by atoms with Crippen LogP contribution in [0.1, 0.15) is 5.56 Å². The van der Waals surface area contributed by atoms with Gasteiger partial charge < -0.3 is 5.32 Å². The molecule has 2 aromatic carbocycles. The zero-order valence-corrected chi connectivity index (χ0v) is 13.8. The predicted molar refractivity (Wildman–Crippen MR) is 94.5 cm³/mol. The highest BCUT2D eigenvalue weighted by molar-refractivity contribution is 5.93. The smallest absolute Gasteiger partial charge is 0.322 e. The molecule has 0 saturated carbocycles. The van der Waals surface area contributed by atoms with Gasteiger partial charge in [-0.3, -0.25) is 4.79 Å². The van der Waals surface area contributed by atoms with Crippen molar-refractivity contribution in [2.45, 2.75) is 13.5 Å². The van der Waals surface area contributed by atoms with Crippen LogP contribution in [0.5, 0.6) is 0 Å². The highest BCUT2D eigenvalue weighted by Gasteiger charge is 2.15. The number of amides is 1. The lowest BCUT2D eigenvalue weighted by Gasteiger charge is -2.05. The molecular formula is C18H14FN5O2. The topological polar surface area (TPSA) is 81.3 Å². The summed E-state index contributed by atoms with van der Waals surface area (Å²) < 4.78 is 16.0. The van der Waals surface area contributed by atoms with Crippen LogP contribution in [0, 0.1) is 12.7 Å². The molecule has 0 unspecified atom stereocenters. The minimum atomic E-state index is -0.547. The Kier molecular flexibility index (Phi) is 3.72. The molecule has 0 radical (unpaired) electrons. The molecule has 2 heterocycles. The van der Waals surface area contributed by atoms with Gasteiger partial charge >= 0.3 is 5.69 Å². The maximum atomic E-state index is 13.6. The van der Waals surface area contributed by atoms with Crippen LogP contribution in [0.2, 0.25) is 0 Å². The van der Waals surface area contributed by atoms with Gasteiger partial charge in [0.1, 0.15) is 18.7 Å². The van der Waals surface area contributed by atoms with Crippen LogP contribution in [0.3, 0.4) is 0 Å². The first-order valence-electron chi connectivity index (χ1n) is 7.92. The van der Waals surface area contributed by atoms with Gasteiger partial charge in [0.05, 0.1) is 11.2 Å². The Hall–Kier alpha value is -3.55. The van der Waals surface area contributed by atoms with Gasteiger partial charge in [0, 0.05) is 5.39 Å². The molecule has 1 N–H and O–H groups in total. The van der Waals surface area contributed by atoms with E-state index in [1.807, 2.05) is 25.1 Å². The monoisotopic (exact) mass is 351 g/mol. The van der Waals surface area contributed by atoms with Crippen molar-refractivity contribution in [2.75, 3.05) is 5.32 Å². The van der Waals surface area contributed by atoms with Crippen LogP contribution in [0.4, 0.5) is 10.1 Å². The van der Waals surface area contributed by atoms with E-state index in [9.17, 15) is 14.0 Å². The molecule has 7 nitrogen and oxygen atoms in total. The molecule has 0 spiro atoms. The van der Waals surface area contributed by atoms with Crippen molar-refractivity contribution in [3.63, 3.8) is 0 Å². The SMILES string of the molecule is Cc1cccc2c1ncn1c(=O)n(CC(=O)Nc3ccccc3F)nc21. The lowest BCUT2D eigenvalue weighted by molar-refractivity contribution is -0.117. The second-order valence-electron chi connectivity index (χ2n) is 5.88. The van der Waals surface area contributed by atoms with Crippen LogP contribution >= 0.6 is 0 Å². The van der Waals surface area contributed by atoms with Crippen LogP contribution in [-0.2, 0) is 11.3 Å². The van der Waals surface area contributed by atoms with Crippen molar-refractivity contribution in [3.05, 3.63) is 70.7 Å². The zero-order chi connectivity index (χ0) is 18.3. The van der Waals surface area contributed by atoms with E-state index in [0.29, 0.717) is 5.65 Å². The van der Waals surface area contributed by atoms with Gasteiger partial charge in [0.2, 0.25) is 5.91 Å². The Labute approximate surface area is 146 Å². The standard InChI is InChI=1S/C18H14FN5O2/c1-11-5-4-6-12-16(11)20-10-23-17(12)22-24(18(23)26)9-15(25)21-14-8-3-2-7-13(14)19/h2-8,10H,9H2,1H3,(H,21,25). The summed E-state index contributed by atoms with van der Waals surface area (Å²) in [5.74, 6) is -1.09. The number of carbonyl (C=O) groups excluding carboxylic acids is 1. The molecule has 0 aliphatic carbocycles. The minimum Gasteiger partial charge on any atom is -0.322 e. The maximum Gasteiger partial charge on any atom is 0.352 e. The molecule has 1 amide bonds. The van der Waals surface area contributed by atoms with Crippen LogP contribution in [-0.4, -0.2) is 25.1 Å². The summed E-state index contributed by atoms with van der Waals surface area (Å²) in [4.78, 5) is 29.0. The number of para-hydroxylation sites is 2. The predicted octanol–water partition coefficient (Wildman–Crippen LogP) is 2.13. The lowest BCUT2D eigenvalue weighted by Crippen LogP contribution is -2.28. The number of carbonyl (C=O) groups is 1. The van der Waals surface area contributed by atoms with Crippen LogP contribution in [0.25, 0.3) is 16.6 Å². The number of hydrogen-bond acceptors (Lipinski definition) is 4. The van der Waals surface area contributed by atoms with Crippen LogP contribution in [0.15, 0.2) is 53.6 Å². The van der Waals surface area contributed by atoms with Crippen molar-refractivity contribution in [1.29, 1.82) is 0 Å². The van der Waals surface area contributed by atoms with Gasteiger partial charge in [0.15, 0.2) is 5.65 Å². The Morgan fingerprint density at radius 1 is 1.19 bits per heavy atom. The molecule has 0 aliphatic heterocycles. The zero-order valence-electron chi connectivity index (χ0n) is 13.8. The molecule has 0 fully saturated rings. The molecule has 0 aliphatic rings. The van der Waals surface area contributed by atoms with E-state index in [2.05, 4.69) is 15.4 Å². The summed E-state index contributed by atoms with van der Waals surface area (Å²) in [6, 6.07) is 11.4. The number of aromatic nitrogens is 4. The Bertz CT molecular complexity index is 1210. The van der Waals surface area contributed by atoms with E-state index in [1.54, 1.807) is 6.07 Å². The third kappa shape index (κ3) is 2.61. The molecule has 26 heavy (non-hydrogen) atoms. The Morgan fingerprint density at radius 2 is 2.00 bits per heavy atom. The van der Waals surface area contributed by atoms with Gasteiger partial charge in [-0.05, 0) is 30.7 Å². The number of nitrogens with one attached hydrogen (secondary N) is 1. The summed E-state index contributed by atoms with van der Waals surface area (Å²) in [5.41, 5.74) is 1.69. The summed E-state index contributed by atoms with van der Waals surface area (Å²) in [6.07, 6.45) is 1.39. The van der Waals surface area contributed by atoms with Crippen LogP contribution < -0.4 is 11.0 Å². The van der Waals surface area contributed by atoms with Gasteiger partial charge in [-0.25, -0.2) is 23.3 Å². The molecular weight excluding hydrogens is 337 g/mol. The fourth-order valence-electron chi connectivity index (χ4n) is 2.83. The second kappa shape index (κ2) is 6.07. The van der Waals surface area contributed by atoms with E-state index in [4.69, 9.17) is 0 Å². The van der Waals surface area contributed by atoms with E-state index in [0.717, 1.165) is 21.1 Å². The molecule has 4 aromatic rings. The average Bonchev–Trinajstić information content (AvgIpc) is 2.94. The third-order valence-electron chi connectivity index (χ3n) is 4.09. The van der Waals surface area contributed by atoms with Crippen molar-refractivity contribution >= 4 is 28.1 Å². The number of benzene rings is 2. The number of anilines is 1. The van der Waals surface area contributed by atoms with Crippen molar-refractivity contribution in [3.8, 4) is 0 Å². The second-order valence-corrected chi connectivity index (χ2v) is 5.88. The van der Waals surface area contributed by atoms with Gasteiger partial charge in [-0.2, -0.15) is 0 Å². The quantitative estimate of drug-likeness (QED) is 0.613. The molecule has 2 aromatic heterocycles. The number of hydrogen-bond donors (Lipinski definition) is 1. The van der Waals surface area contributed by atoms with Gasteiger partial charge in [-0.1, -0.05) is 24.3 Å². The normalized spacial score (nSPS) is 11.2. The van der Waals surface area contributed by atoms with E-state index in [1.165, 1.54) is 28.9 Å². The average molecular weight is 351 g/mol. The summed E-state index contributed by atoms with van der Waals surface area (Å²) in [6.45, 7) is 1.59. The summed E-state index contributed by atoms with van der Waals surface area (Å²) >= 11 is 0. The number of fused-ring (bicyclic) bond motifs is 3. The van der Waals surface area contributed by atoms with E-state index >= 15 is 0 Å². The molecule has 130 valence electrons. The first-order chi connectivity index (χ1) is 12.5. The first-order valence-corrected chi connectivity index (χ1v) is 7.92. The Balaban J connectivity index is 1.71. The fourth-order valence-corrected chi connectivity index (χ4v) is 2.83. The van der Waals surface area contributed by atoms with Crippen molar-refractivity contribution < 1.29 is 9.18 Å². The molecule has 8 heteroatoms. The van der Waals surface area contributed by atoms with Gasteiger partial charge in [0.25, 0.3) is 0 Å². The number of nitrogens with zero attached hydrogens (tertiary/aromatic N) is 4. The van der Waals surface area contributed by atoms with Gasteiger partial charge in [-0.15, -0.1) is 5.10 Å². The van der Waals surface area contributed by atoms with Crippen molar-refractivity contribution in [2.24, 2.45) is 0 Å². The lowest BCUT2D eigenvalue weighted by atomic mass is 10.1. The highest BCUT2D eigenvalue weighted by Crippen LogP contribution is 2.18. The minimum absolute atomic E-state index is 0.0528. The number of aryl methyl sites for hydroxylation is 1. The highest BCUT2D eigenvalue weighted by atomic mass is 19.1. The number of rotatable bonds is 3. The molecule has 0 atom stereocenters. The first kappa shape index (κ1) is 15.9. The molecule has 4 rings (SSSR count). The van der Waals surface area contributed by atoms with E-state index in [-0.39, 0.29) is 12.2 Å². The molecule has 0 saturated heterocycles. The fraction of sp³-hybridized carbons (Fsp3) is 0.111. The Morgan fingerprint density at radius 3 is 2.81 bits per heavy atom. The molecule has 0 bridgehead atoms. The third-order valence-corrected chi connectivity index (χ3v) is 4.09. The van der Waals surface area contributed by atoms with Crippen molar-refractivity contribution in [1.82, 2.24) is 19.2 Å². The number of halogens is 1. The maximum absolute atomic E-state index is 13.6. The van der Waals surface area contributed by atoms with E-state index < -0.39 is 17.4 Å². The largest absolute Gasteiger partial charge is 0.352 e. The summed E-state index contributed by atoms with van der Waals surface area (Å²) in [5, 5.41) is 7.42. The summed E-state index contributed by atoms with van der Waals surface area (Å²) in [7, 11) is 0.